The van der Waals surface area contributed by atoms with Crippen molar-refractivity contribution < 1.29 is 14.4 Å². The summed E-state index contributed by atoms with van der Waals surface area (Å²) in [6.07, 6.45) is 0.549. The third kappa shape index (κ3) is 3.59. The molecule has 3 amide bonds. The van der Waals surface area contributed by atoms with Crippen LogP contribution >= 0.6 is 11.3 Å². The molecule has 136 valence electrons. The lowest BCUT2D eigenvalue weighted by Gasteiger charge is -2.14. The third-order valence-electron chi connectivity index (χ3n) is 4.44. The molecule has 2 heterocycles. The fourth-order valence-corrected chi connectivity index (χ4v) is 4.07. The van der Waals surface area contributed by atoms with E-state index in [1.54, 1.807) is 11.3 Å². The Morgan fingerprint density at radius 1 is 1.04 bits per heavy atom. The van der Waals surface area contributed by atoms with E-state index in [1.165, 1.54) is 4.90 Å². The molecule has 1 aliphatic rings. The summed E-state index contributed by atoms with van der Waals surface area (Å²) < 4.78 is 1.08. The molecule has 0 radical (unpaired) electrons. The number of benzene rings is 2. The van der Waals surface area contributed by atoms with Crippen LogP contribution in [0.3, 0.4) is 0 Å². The van der Waals surface area contributed by atoms with Gasteiger partial charge in [-0.2, -0.15) is 0 Å². The zero-order valence-electron chi connectivity index (χ0n) is 14.5. The molecule has 0 aliphatic carbocycles. The van der Waals surface area contributed by atoms with Gasteiger partial charge in [0.05, 0.1) is 15.9 Å². The molecule has 1 aromatic heterocycles. The highest BCUT2D eigenvalue weighted by Gasteiger charge is 2.28. The number of carbonyl (C=O) groups excluding carboxylic acids is 3. The van der Waals surface area contributed by atoms with Crippen LogP contribution in [-0.4, -0.2) is 34.2 Å². The zero-order valence-corrected chi connectivity index (χ0v) is 15.3. The van der Waals surface area contributed by atoms with Crippen LogP contribution in [0.15, 0.2) is 48.5 Å². The number of hydrogen-bond donors (Lipinski definition) is 1. The topological polar surface area (TPSA) is 79.4 Å². The van der Waals surface area contributed by atoms with Gasteiger partial charge in [-0.15, -0.1) is 11.3 Å². The van der Waals surface area contributed by atoms with Crippen molar-refractivity contribution in [1.29, 1.82) is 0 Å². The minimum absolute atomic E-state index is 0.0751. The summed E-state index contributed by atoms with van der Waals surface area (Å²) in [5.41, 5.74) is 2.44. The van der Waals surface area contributed by atoms with Crippen LogP contribution in [0.1, 0.15) is 19.3 Å². The summed E-state index contributed by atoms with van der Waals surface area (Å²) in [7, 11) is 0. The number of nitrogens with zero attached hydrogens (tertiary/aromatic N) is 2. The first-order valence-electron chi connectivity index (χ1n) is 8.70. The minimum Gasteiger partial charge on any atom is -0.325 e. The Labute approximate surface area is 159 Å². The number of anilines is 1. The van der Waals surface area contributed by atoms with Crippen LogP contribution in [0, 0.1) is 0 Å². The Balaban J connectivity index is 1.50. The van der Waals surface area contributed by atoms with Gasteiger partial charge in [-0.1, -0.05) is 24.3 Å². The lowest BCUT2D eigenvalue weighted by atomic mass is 10.2. The van der Waals surface area contributed by atoms with Gasteiger partial charge in [-0.25, -0.2) is 4.98 Å². The summed E-state index contributed by atoms with van der Waals surface area (Å²) >= 11 is 1.57. The van der Waals surface area contributed by atoms with Gasteiger partial charge in [0.15, 0.2) is 0 Å². The lowest BCUT2D eigenvalue weighted by molar-refractivity contribution is -0.138. The number of fused-ring (bicyclic) bond motifs is 1. The summed E-state index contributed by atoms with van der Waals surface area (Å²) in [6.45, 7) is 0.118. The second kappa shape index (κ2) is 7.28. The Morgan fingerprint density at radius 3 is 2.52 bits per heavy atom. The molecule has 27 heavy (non-hydrogen) atoms. The maximum atomic E-state index is 12.4. The molecular weight excluding hydrogens is 362 g/mol. The van der Waals surface area contributed by atoms with Crippen molar-refractivity contribution in [2.24, 2.45) is 0 Å². The van der Waals surface area contributed by atoms with Crippen LogP contribution in [0.25, 0.3) is 20.8 Å². The molecule has 0 bridgehead atoms. The van der Waals surface area contributed by atoms with E-state index in [-0.39, 0.29) is 43.5 Å². The van der Waals surface area contributed by atoms with Crippen molar-refractivity contribution in [3.05, 3.63) is 48.5 Å². The molecule has 7 heteroatoms. The second-order valence-corrected chi connectivity index (χ2v) is 7.30. The maximum Gasteiger partial charge on any atom is 0.229 e. The number of nitrogens with one attached hydrogen (secondary N) is 1. The Kier molecular flexibility index (Phi) is 4.68. The van der Waals surface area contributed by atoms with Crippen LogP contribution < -0.4 is 5.32 Å². The molecule has 2 aromatic carbocycles. The summed E-state index contributed by atoms with van der Waals surface area (Å²) in [4.78, 5) is 41.5. The van der Waals surface area contributed by atoms with Gasteiger partial charge < -0.3 is 5.32 Å². The normalized spacial score (nSPS) is 14.1. The molecule has 1 fully saturated rings. The fraction of sp³-hybridized carbons (Fsp3) is 0.200. The number of aromatic nitrogens is 1. The molecule has 0 atom stereocenters. The fourth-order valence-electron chi connectivity index (χ4n) is 3.06. The van der Waals surface area contributed by atoms with Gasteiger partial charge >= 0.3 is 0 Å². The van der Waals surface area contributed by atoms with Gasteiger partial charge in [0.25, 0.3) is 0 Å². The first-order valence-corrected chi connectivity index (χ1v) is 9.51. The van der Waals surface area contributed by atoms with Crippen molar-refractivity contribution in [3.8, 4) is 10.6 Å². The van der Waals surface area contributed by atoms with Crippen LogP contribution in [0.5, 0.6) is 0 Å². The van der Waals surface area contributed by atoms with E-state index >= 15 is 0 Å². The Morgan fingerprint density at radius 2 is 1.74 bits per heavy atom. The zero-order chi connectivity index (χ0) is 18.8. The van der Waals surface area contributed by atoms with Gasteiger partial charge in [-0.05, 0) is 24.3 Å². The molecule has 0 unspecified atom stereocenters. The second-order valence-electron chi connectivity index (χ2n) is 6.27. The van der Waals surface area contributed by atoms with E-state index < -0.39 is 0 Å². The van der Waals surface area contributed by atoms with Crippen molar-refractivity contribution in [2.75, 3.05) is 11.9 Å². The molecule has 1 saturated heterocycles. The monoisotopic (exact) mass is 379 g/mol. The number of thiazole rings is 1. The predicted octanol–water partition coefficient (Wildman–Crippen LogP) is 3.44. The number of carbonyl (C=O) groups is 3. The van der Waals surface area contributed by atoms with E-state index in [0.717, 1.165) is 20.8 Å². The molecule has 6 nitrogen and oxygen atoms in total. The summed E-state index contributed by atoms with van der Waals surface area (Å²) in [5, 5.41) is 3.72. The molecule has 3 aromatic rings. The van der Waals surface area contributed by atoms with Crippen molar-refractivity contribution >= 4 is 45.0 Å². The number of para-hydroxylation sites is 2. The molecule has 0 saturated carbocycles. The van der Waals surface area contributed by atoms with Gasteiger partial charge in [0, 0.05) is 31.4 Å². The first-order chi connectivity index (χ1) is 13.1. The smallest absolute Gasteiger partial charge is 0.229 e. The van der Waals surface area contributed by atoms with Crippen LogP contribution in [0.2, 0.25) is 0 Å². The standard InChI is InChI=1S/C20H17N3O3S/c24-17(11-12-23-18(25)9-10-19(23)26)21-14-6-2-1-5-13(14)20-22-15-7-3-4-8-16(15)27-20/h1-8H,9-12H2,(H,21,24). The van der Waals surface area contributed by atoms with Gasteiger partial charge in [0.1, 0.15) is 5.01 Å². The van der Waals surface area contributed by atoms with Gasteiger partial charge in [-0.3, -0.25) is 19.3 Å². The number of imide groups is 1. The third-order valence-corrected chi connectivity index (χ3v) is 5.51. The summed E-state index contributed by atoms with van der Waals surface area (Å²) in [5.74, 6) is -0.651. The molecule has 1 N–H and O–H groups in total. The van der Waals surface area contributed by atoms with Crippen molar-refractivity contribution in [2.45, 2.75) is 19.3 Å². The molecular formula is C20H17N3O3S. The van der Waals surface area contributed by atoms with E-state index in [0.29, 0.717) is 5.69 Å². The SMILES string of the molecule is O=C(CCN1C(=O)CCC1=O)Nc1ccccc1-c1nc2ccccc2s1. The number of rotatable bonds is 5. The number of likely N-dealkylation sites (tertiary alicyclic amines) is 1. The molecule has 4 rings (SSSR count). The average Bonchev–Trinajstić information content (AvgIpc) is 3.24. The molecule has 0 spiro atoms. The van der Waals surface area contributed by atoms with E-state index in [9.17, 15) is 14.4 Å². The largest absolute Gasteiger partial charge is 0.325 e. The Hall–Kier alpha value is -3.06. The van der Waals surface area contributed by atoms with E-state index in [2.05, 4.69) is 10.3 Å². The maximum absolute atomic E-state index is 12.4. The predicted molar refractivity (Wildman–Crippen MR) is 104 cm³/mol. The number of hydrogen-bond acceptors (Lipinski definition) is 5. The summed E-state index contributed by atoms with van der Waals surface area (Å²) in [6, 6.07) is 15.4. The van der Waals surface area contributed by atoms with Crippen LogP contribution in [0.4, 0.5) is 5.69 Å². The van der Waals surface area contributed by atoms with Gasteiger partial charge in [0.2, 0.25) is 17.7 Å². The highest BCUT2D eigenvalue weighted by Crippen LogP contribution is 2.34. The average molecular weight is 379 g/mol. The lowest BCUT2D eigenvalue weighted by Crippen LogP contribution is -2.32. The first kappa shape index (κ1) is 17.4. The Bertz CT molecular complexity index is 995. The van der Waals surface area contributed by atoms with Crippen molar-refractivity contribution in [3.63, 3.8) is 0 Å². The highest BCUT2D eigenvalue weighted by atomic mass is 32.1. The minimum atomic E-state index is -0.240. The number of amides is 3. The van der Waals surface area contributed by atoms with Crippen molar-refractivity contribution in [1.82, 2.24) is 9.88 Å². The van der Waals surface area contributed by atoms with E-state index in [4.69, 9.17) is 0 Å². The highest BCUT2D eigenvalue weighted by molar-refractivity contribution is 7.21. The van der Waals surface area contributed by atoms with Crippen LogP contribution in [-0.2, 0) is 14.4 Å². The van der Waals surface area contributed by atoms with E-state index in [1.807, 2.05) is 48.5 Å². The molecule has 1 aliphatic heterocycles. The quantitative estimate of drug-likeness (QED) is 0.689.